The van der Waals surface area contributed by atoms with Gasteiger partial charge in [-0.3, -0.25) is 4.79 Å². The van der Waals surface area contributed by atoms with E-state index in [-0.39, 0.29) is 5.78 Å². The Balaban J connectivity index is 1.94. The molecule has 4 nitrogen and oxygen atoms in total. The fourth-order valence-corrected chi connectivity index (χ4v) is 3.09. The van der Waals surface area contributed by atoms with Crippen LogP contribution in [0.25, 0.3) is 5.69 Å². The Hall–Kier alpha value is -1.79. The average Bonchev–Trinajstić information content (AvgIpc) is 3.08. The zero-order valence-corrected chi connectivity index (χ0v) is 12.1. The lowest BCUT2D eigenvalue weighted by atomic mass is 10.2. The molecule has 0 saturated heterocycles. The van der Waals surface area contributed by atoms with Gasteiger partial charge in [-0.25, -0.2) is 0 Å². The highest BCUT2D eigenvalue weighted by molar-refractivity contribution is 9.10. The number of benzene rings is 1. The average molecular weight is 334 g/mol. The smallest absolute Gasteiger partial charge is 0.216 e. The molecule has 3 aromatic rings. The number of carbonyl (C=O) groups is 1. The van der Waals surface area contributed by atoms with Crippen LogP contribution in [0, 0.1) is 0 Å². The van der Waals surface area contributed by atoms with Crippen LogP contribution >= 0.6 is 27.3 Å². The van der Waals surface area contributed by atoms with Crippen LogP contribution in [0.3, 0.4) is 0 Å². The number of ketones is 1. The highest BCUT2D eigenvalue weighted by Gasteiger charge is 2.17. The zero-order valence-electron chi connectivity index (χ0n) is 9.65. The summed E-state index contributed by atoms with van der Waals surface area (Å²) in [5.74, 6) is -0.129. The highest BCUT2D eigenvalue weighted by atomic mass is 79.9. The number of thiophene rings is 1. The van der Waals surface area contributed by atoms with Gasteiger partial charge in [-0.15, -0.1) is 5.10 Å². The van der Waals surface area contributed by atoms with Crippen LogP contribution < -0.4 is 0 Å². The van der Waals surface area contributed by atoms with Crippen molar-refractivity contribution >= 4 is 33.0 Å². The third kappa shape index (κ3) is 2.36. The fraction of sp³-hybridized carbons (Fsp3) is 0. The summed E-state index contributed by atoms with van der Waals surface area (Å²) in [6.45, 7) is 0. The van der Waals surface area contributed by atoms with Crippen molar-refractivity contribution in [1.82, 2.24) is 15.0 Å². The predicted molar refractivity (Wildman–Crippen MR) is 76.8 cm³/mol. The van der Waals surface area contributed by atoms with Crippen LogP contribution in [-0.2, 0) is 0 Å². The monoisotopic (exact) mass is 333 g/mol. The summed E-state index contributed by atoms with van der Waals surface area (Å²) in [6.07, 6.45) is 1.49. The Labute approximate surface area is 121 Å². The van der Waals surface area contributed by atoms with E-state index < -0.39 is 0 Å². The molecular formula is C13H8BrN3OS. The van der Waals surface area contributed by atoms with Gasteiger partial charge in [-0.05, 0) is 28.1 Å². The van der Waals surface area contributed by atoms with E-state index in [9.17, 15) is 4.79 Å². The zero-order chi connectivity index (χ0) is 13.2. The second kappa shape index (κ2) is 5.07. The molecule has 0 amide bonds. The van der Waals surface area contributed by atoms with Gasteiger partial charge in [0.1, 0.15) is 0 Å². The molecule has 1 aromatic carbocycles. The van der Waals surface area contributed by atoms with Crippen LogP contribution in [0.4, 0.5) is 0 Å². The maximum absolute atomic E-state index is 12.2. The molecule has 0 radical (unpaired) electrons. The van der Waals surface area contributed by atoms with Gasteiger partial charge in [-0.2, -0.15) is 21.2 Å². The largest absolute Gasteiger partial charge is 0.287 e. The predicted octanol–water partition coefficient (Wildman–Crippen LogP) is 3.32. The molecule has 3 rings (SSSR count). The first-order valence-electron chi connectivity index (χ1n) is 5.50. The second-order valence-electron chi connectivity index (χ2n) is 3.82. The highest BCUT2D eigenvalue weighted by Crippen LogP contribution is 2.23. The Morgan fingerprint density at radius 3 is 2.68 bits per heavy atom. The minimum absolute atomic E-state index is 0.129. The van der Waals surface area contributed by atoms with Gasteiger partial charge >= 0.3 is 0 Å². The summed E-state index contributed by atoms with van der Waals surface area (Å²) in [7, 11) is 0. The van der Waals surface area contributed by atoms with E-state index in [1.165, 1.54) is 22.3 Å². The van der Waals surface area contributed by atoms with Gasteiger partial charge in [-0.1, -0.05) is 18.2 Å². The normalized spacial score (nSPS) is 10.6. The first-order valence-corrected chi connectivity index (χ1v) is 7.23. The van der Waals surface area contributed by atoms with Crippen molar-refractivity contribution < 1.29 is 4.79 Å². The first kappa shape index (κ1) is 12.3. The second-order valence-corrected chi connectivity index (χ2v) is 5.42. The van der Waals surface area contributed by atoms with Crippen molar-refractivity contribution in [1.29, 1.82) is 0 Å². The Kier molecular flexibility index (Phi) is 3.27. The number of para-hydroxylation sites is 1. The third-order valence-corrected chi connectivity index (χ3v) is 4.27. The van der Waals surface area contributed by atoms with Gasteiger partial charge in [0.15, 0.2) is 5.69 Å². The lowest BCUT2D eigenvalue weighted by Gasteiger charge is -1.97. The maximum Gasteiger partial charge on any atom is 0.216 e. The number of rotatable bonds is 3. The number of carbonyl (C=O) groups excluding carboxylic acids is 1. The van der Waals surface area contributed by atoms with Crippen molar-refractivity contribution in [2.24, 2.45) is 0 Å². The van der Waals surface area contributed by atoms with Crippen molar-refractivity contribution in [2.75, 3.05) is 0 Å². The summed E-state index contributed by atoms with van der Waals surface area (Å²) in [5.41, 5.74) is 1.78. The van der Waals surface area contributed by atoms with Crippen LogP contribution in [0.2, 0.25) is 0 Å². The molecule has 6 heteroatoms. The summed E-state index contributed by atoms with van der Waals surface area (Å²) in [6, 6.07) is 9.48. The van der Waals surface area contributed by atoms with Crippen molar-refractivity contribution in [3.63, 3.8) is 0 Å². The van der Waals surface area contributed by atoms with Crippen LogP contribution in [0.5, 0.6) is 0 Å². The number of hydrogen-bond donors (Lipinski definition) is 0. The number of nitrogens with zero attached hydrogens (tertiary/aromatic N) is 3. The van der Waals surface area contributed by atoms with E-state index in [2.05, 4.69) is 26.1 Å². The summed E-state index contributed by atoms with van der Waals surface area (Å²) >= 11 is 4.82. The summed E-state index contributed by atoms with van der Waals surface area (Å²) in [5, 5.41) is 12.0. The Morgan fingerprint density at radius 2 is 2.00 bits per heavy atom. The molecule has 2 aromatic heterocycles. The first-order chi connectivity index (χ1) is 9.25. The van der Waals surface area contributed by atoms with Gasteiger partial charge in [0, 0.05) is 20.8 Å². The fourth-order valence-electron chi connectivity index (χ4n) is 1.63. The Bertz CT molecular complexity index is 720. The molecule has 2 heterocycles. The molecule has 0 atom stereocenters. The SMILES string of the molecule is O=C(c1cnn(-c2ccccc2)n1)c1cscc1Br. The summed E-state index contributed by atoms with van der Waals surface area (Å²) in [4.78, 5) is 13.7. The quantitative estimate of drug-likeness (QED) is 0.691. The van der Waals surface area contributed by atoms with Crippen LogP contribution in [0.15, 0.2) is 51.8 Å². The molecule has 0 spiro atoms. The van der Waals surface area contributed by atoms with Gasteiger partial charge < -0.3 is 0 Å². The minimum atomic E-state index is -0.129. The molecule has 0 aliphatic carbocycles. The van der Waals surface area contributed by atoms with Crippen molar-refractivity contribution in [3.8, 4) is 5.69 Å². The van der Waals surface area contributed by atoms with Crippen molar-refractivity contribution in [2.45, 2.75) is 0 Å². The van der Waals surface area contributed by atoms with Crippen molar-refractivity contribution in [3.05, 3.63) is 63.0 Å². The lowest BCUT2D eigenvalue weighted by molar-refractivity contribution is 0.103. The van der Waals surface area contributed by atoms with Gasteiger partial charge in [0.25, 0.3) is 0 Å². The standard InChI is InChI=1S/C13H8BrN3OS/c14-11-8-19-7-10(11)13(18)12-6-15-17(16-12)9-4-2-1-3-5-9/h1-8H. The molecule has 0 bridgehead atoms. The molecule has 0 N–H and O–H groups in total. The molecule has 19 heavy (non-hydrogen) atoms. The minimum Gasteiger partial charge on any atom is -0.287 e. The van der Waals surface area contributed by atoms with Gasteiger partial charge in [0.05, 0.1) is 11.9 Å². The third-order valence-electron chi connectivity index (χ3n) is 2.57. The molecule has 0 aliphatic rings. The van der Waals surface area contributed by atoms with E-state index >= 15 is 0 Å². The molecule has 0 saturated carbocycles. The number of halogens is 1. The molecule has 0 fully saturated rings. The summed E-state index contributed by atoms with van der Waals surface area (Å²) < 4.78 is 0.789. The maximum atomic E-state index is 12.2. The topological polar surface area (TPSA) is 47.8 Å². The molecule has 0 unspecified atom stereocenters. The number of hydrogen-bond acceptors (Lipinski definition) is 4. The van der Waals surface area contributed by atoms with Gasteiger partial charge in [0.2, 0.25) is 5.78 Å². The van der Waals surface area contributed by atoms with E-state index in [0.29, 0.717) is 11.3 Å². The van der Waals surface area contributed by atoms with Crippen LogP contribution in [-0.4, -0.2) is 20.8 Å². The van der Waals surface area contributed by atoms with E-state index in [0.717, 1.165) is 10.2 Å². The molecular weight excluding hydrogens is 326 g/mol. The Morgan fingerprint density at radius 1 is 1.21 bits per heavy atom. The molecule has 94 valence electrons. The van der Waals surface area contributed by atoms with E-state index in [1.54, 1.807) is 5.38 Å². The van der Waals surface area contributed by atoms with Crippen LogP contribution in [0.1, 0.15) is 16.1 Å². The van der Waals surface area contributed by atoms with E-state index in [1.807, 2.05) is 35.7 Å². The lowest BCUT2D eigenvalue weighted by Crippen LogP contribution is -2.04. The molecule has 0 aliphatic heterocycles. The van der Waals surface area contributed by atoms with E-state index in [4.69, 9.17) is 0 Å². The number of aromatic nitrogens is 3.